The molecule has 0 bridgehead atoms. The van der Waals surface area contributed by atoms with Crippen LogP contribution in [0.15, 0.2) is 30.5 Å². The number of carbonyl (C=O) groups is 1. The molecule has 3 atom stereocenters. The first kappa shape index (κ1) is 19.2. The minimum Gasteiger partial charge on any atom is -0.361 e. The zero-order valence-corrected chi connectivity index (χ0v) is 18.1. The maximum atomic E-state index is 13.3. The van der Waals surface area contributed by atoms with Crippen LogP contribution in [0.3, 0.4) is 0 Å². The number of carbonyl (C=O) groups excluding carboxylic acids is 1. The summed E-state index contributed by atoms with van der Waals surface area (Å²) < 4.78 is 0. The number of benzene rings is 1. The van der Waals surface area contributed by atoms with Crippen molar-refractivity contribution < 1.29 is 4.79 Å². The summed E-state index contributed by atoms with van der Waals surface area (Å²) in [6.07, 6.45) is 4.08. The molecule has 6 heteroatoms. The van der Waals surface area contributed by atoms with Crippen LogP contribution >= 0.6 is 0 Å². The van der Waals surface area contributed by atoms with Gasteiger partial charge in [0.2, 0.25) is 5.91 Å². The Morgan fingerprint density at radius 1 is 1.27 bits per heavy atom. The molecule has 3 aromatic rings. The van der Waals surface area contributed by atoms with Crippen LogP contribution in [0.25, 0.3) is 10.9 Å². The fourth-order valence-corrected chi connectivity index (χ4v) is 5.53. The summed E-state index contributed by atoms with van der Waals surface area (Å²) in [4.78, 5) is 27.9. The number of piperidine rings is 1. The van der Waals surface area contributed by atoms with Crippen molar-refractivity contribution in [1.29, 1.82) is 0 Å². The van der Waals surface area contributed by atoms with Crippen LogP contribution in [0.2, 0.25) is 0 Å². The smallest absolute Gasteiger partial charge is 0.229 e. The quantitative estimate of drug-likeness (QED) is 0.694. The molecule has 156 valence electrons. The number of amides is 1. The summed E-state index contributed by atoms with van der Waals surface area (Å²) in [6.45, 7) is 9.03. The second-order valence-electron chi connectivity index (χ2n) is 9.12. The molecule has 2 aromatic heterocycles. The zero-order valence-electron chi connectivity index (χ0n) is 18.1. The highest BCUT2D eigenvalue weighted by molar-refractivity contribution is 5.92. The van der Waals surface area contributed by atoms with Crippen molar-refractivity contribution in [1.82, 2.24) is 19.9 Å². The maximum absolute atomic E-state index is 13.3. The number of hydrogen-bond acceptors (Lipinski definition) is 4. The number of anilines is 1. The third-order valence-corrected chi connectivity index (χ3v) is 6.76. The van der Waals surface area contributed by atoms with Crippen molar-refractivity contribution in [3.63, 3.8) is 0 Å². The number of nitrogens with zero attached hydrogens (tertiary/aromatic N) is 3. The third kappa shape index (κ3) is 3.19. The minimum absolute atomic E-state index is 0.0589. The predicted molar refractivity (Wildman–Crippen MR) is 119 cm³/mol. The summed E-state index contributed by atoms with van der Waals surface area (Å²) >= 11 is 0. The van der Waals surface area contributed by atoms with Crippen molar-refractivity contribution in [2.75, 3.05) is 11.9 Å². The van der Waals surface area contributed by atoms with Crippen molar-refractivity contribution in [2.24, 2.45) is 5.92 Å². The topological polar surface area (TPSA) is 73.9 Å². The second-order valence-corrected chi connectivity index (χ2v) is 9.12. The highest BCUT2D eigenvalue weighted by Crippen LogP contribution is 2.45. The number of aryl methyl sites for hydroxylation is 2. The van der Waals surface area contributed by atoms with E-state index in [4.69, 9.17) is 0 Å². The van der Waals surface area contributed by atoms with Crippen LogP contribution in [-0.2, 0) is 11.2 Å². The molecule has 3 heterocycles. The lowest BCUT2D eigenvalue weighted by Gasteiger charge is -2.48. The Morgan fingerprint density at radius 3 is 2.87 bits per heavy atom. The normalized spacial score (nSPS) is 23.6. The van der Waals surface area contributed by atoms with E-state index in [1.165, 1.54) is 22.0 Å². The lowest BCUT2D eigenvalue weighted by molar-refractivity contribution is -0.123. The SMILES string of the molecule is Cc1cc(NC(=O)C2CC3c4cccc5[nH]cc(c45)C[C@H]3N(C(C)C)C2)nc(C)n1. The van der Waals surface area contributed by atoms with Gasteiger partial charge in [0, 0.05) is 53.4 Å². The Morgan fingerprint density at radius 2 is 2.10 bits per heavy atom. The molecule has 5 rings (SSSR count). The fraction of sp³-hybridized carbons (Fsp3) is 0.458. The van der Waals surface area contributed by atoms with Gasteiger partial charge in [-0.1, -0.05) is 12.1 Å². The number of aromatic amines is 1. The Labute approximate surface area is 177 Å². The molecule has 0 spiro atoms. The number of hydrogen-bond donors (Lipinski definition) is 2. The average molecular weight is 404 g/mol. The van der Waals surface area contributed by atoms with Gasteiger partial charge in [-0.3, -0.25) is 9.69 Å². The largest absolute Gasteiger partial charge is 0.361 e. The first-order chi connectivity index (χ1) is 14.4. The van der Waals surface area contributed by atoms with Gasteiger partial charge in [-0.2, -0.15) is 0 Å². The van der Waals surface area contributed by atoms with Crippen LogP contribution in [-0.4, -0.2) is 44.4 Å². The van der Waals surface area contributed by atoms with E-state index in [1.54, 1.807) is 0 Å². The Kier molecular flexibility index (Phi) is 4.62. The van der Waals surface area contributed by atoms with E-state index in [9.17, 15) is 4.79 Å². The number of fused-ring (bicyclic) bond motifs is 2. The van der Waals surface area contributed by atoms with Crippen molar-refractivity contribution in [3.8, 4) is 0 Å². The number of likely N-dealkylation sites (tertiary alicyclic amines) is 1. The highest BCUT2D eigenvalue weighted by atomic mass is 16.2. The van der Waals surface area contributed by atoms with Crippen molar-refractivity contribution >= 4 is 22.6 Å². The summed E-state index contributed by atoms with van der Waals surface area (Å²) in [6, 6.07) is 9.20. The van der Waals surface area contributed by atoms with E-state index >= 15 is 0 Å². The van der Waals surface area contributed by atoms with E-state index < -0.39 is 0 Å². The first-order valence-corrected chi connectivity index (χ1v) is 10.9. The molecule has 1 aliphatic carbocycles. The molecular weight excluding hydrogens is 374 g/mol. The lowest BCUT2D eigenvalue weighted by Crippen LogP contribution is -2.54. The van der Waals surface area contributed by atoms with E-state index in [-0.39, 0.29) is 11.8 Å². The summed E-state index contributed by atoms with van der Waals surface area (Å²) in [5.74, 6) is 1.63. The van der Waals surface area contributed by atoms with E-state index in [0.717, 1.165) is 25.1 Å². The van der Waals surface area contributed by atoms with Crippen LogP contribution in [0.1, 0.15) is 48.8 Å². The van der Waals surface area contributed by atoms with Gasteiger partial charge >= 0.3 is 0 Å². The predicted octanol–water partition coefficient (Wildman–Crippen LogP) is 3.95. The molecule has 1 aromatic carbocycles. The summed E-state index contributed by atoms with van der Waals surface area (Å²) in [7, 11) is 0. The summed E-state index contributed by atoms with van der Waals surface area (Å²) in [5, 5.41) is 4.43. The number of H-pyrrole nitrogens is 1. The lowest BCUT2D eigenvalue weighted by atomic mass is 9.71. The molecule has 1 fully saturated rings. The third-order valence-electron chi connectivity index (χ3n) is 6.76. The molecular formula is C24H29N5O. The average Bonchev–Trinajstić information content (AvgIpc) is 3.11. The van der Waals surface area contributed by atoms with E-state index in [0.29, 0.717) is 29.6 Å². The molecule has 1 saturated heterocycles. The number of rotatable bonds is 3. The molecule has 1 aliphatic heterocycles. The van der Waals surface area contributed by atoms with Gasteiger partial charge in [0.1, 0.15) is 11.6 Å². The Hall–Kier alpha value is -2.73. The zero-order chi connectivity index (χ0) is 21.0. The monoisotopic (exact) mass is 403 g/mol. The number of aromatic nitrogens is 3. The number of nitrogens with one attached hydrogen (secondary N) is 2. The molecule has 2 N–H and O–H groups in total. The molecule has 2 unspecified atom stereocenters. The standard InChI is InChI=1S/C24H29N5O/c1-13(2)29-12-17(24(30)28-22-8-14(3)26-15(4)27-22)9-19-18-6-5-7-20-23(18)16(11-25-20)10-21(19)29/h5-8,11,13,17,19,21,25H,9-10,12H2,1-4H3,(H,26,27,28,30)/t17?,19?,21-/m1/s1. The molecule has 2 aliphatic rings. The Balaban J connectivity index is 1.47. The first-order valence-electron chi connectivity index (χ1n) is 10.9. The van der Waals surface area contributed by atoms with Crippen LogP contribution in [0.4, 0.5) is 5.82 Å². The fourth-order valence-electron chi connectivity index (χ4n) is 5.53. The maximum Gasteiger partial charge on any atom is 0.229 e. The van der Waals surface area contributed by atoms with Gasteiger partial charge in [0.25, 0.3) is 0 Å². The van der Waals surface area contributed by atoms with Gasteiger partial charge in [-0.25, -0.2) is 9.97 Å². The van der Waals surface area contributed by atoms with Crippen LogP contribution < -0.4 is 5.32 Å². The molecule has 6 nitrogen and oxygen atoms in total. The molecule has 1 amide bonds. The van der Waals surface area contributed by atoms with Crippen LogP contribution in [0, 0.1) is 19.8 Å². The minimum atomic E-state index is -0.0695. The van der Waals surface area contributed by atoms with E-state index in [1.807, 2.05) is 19.9 Å². The van der Waals surface area contributed by atoms with Gasteiger partial charge in [0.15, 0.2) is 0 Å². The van der Waals surface area contributed by atoms with E-state index in [2.05, 4.69) is 63.4 Å². The van der Waals surface area contributed by atoms with Crippen molar-refractivity contribution in [3.05, 3.63) is 53.1 Å². The highest BCUT2D eigenvalue weighted by Gasteiger charge is 2.43. The second kappa shape index (κ2) is 7.20. The van der Waals surface area contributed by atoms with Gasteiger partial charge < -0.3 is 10.3 Å². The van der Waals surface area contributed by atoms with Gasteiger partial charge in [-0.05, 0) is 57.7 Å². The molecule has 0 radical (unpaired) electrons. The molecule has 30 heavy (non-hydrogen) atoms. The van der Waals surface area contributed by atoms with Gasteiger partial charge in [-0.15, -0.1) is 0 Å². The van der Waals surface area contributed by atoms with Crippen LogP contribution in [0.5, 0.6) is 0 Å². The summed E-state index contributed by atoms with van der Waals surface area (Å²) in [5.41, 5.74) is 4.86. The van der Waals surface area contributed by atoms with Crippen molar-refractivity contribution in [2.45, 2.75) is 58.5 Å². The molecule has 0 saturated carbocycles. The van der Waals surface area contributed by atoms with Gasteiger partial charge in [0.05, 0.1) is 5.92 Å². The Bertz CT molecular complexity index is 1100.